The van der Waals surface area contributed by atoms with Crippen molar-refractivity contribution in [1.82, 2.24) is 9.38 Å². The van der Waals surface area contributed by atoms with Crippen molar-refractivity contribution in [3.8, 4) is 11.3 Å². The third-order valence-corrected chi connectivity index (χ3v) is 5.29. The number of anilines is 1. The third-order valence-electron chi connectivity index (χ3n) is 4.40. The van der Waals surface area contributed by atoms with E-state index in [2.05, 4.69) is 10.3 Å². The summed E-state index contributed by atoms with van der Waals surface area (Å²) in [7, 11) is 0. The quantitative estimate of drug-likeness (QED) is 0.385. The fourth-order valence-electron chi connectivity index (χ4n) is 2.92. The number of aryl methyl sites for hydroxylation is 1. The summed E-state index contributed by atoms with van der Waals surface area (Å²) in [6.07, 6.45) is 1.93. The van der Waals surface area contributed by atoms with Crippen LogP contribution in [0, 0.1) is 22.9 Å². The van der Waals surface area contributed by atoms with Crippen molar-refractivity contribution in [2.24, 2.45) is 0 Å². The van der Waals surface area contributed by atoms with E-state index >= 15 is 0 Å². The molecule has 0 aliphatic heterocycles. The number of thiazole rings is 1. The molecule has 0 unspecified atom stereocenters. The zero-order chi connectivity index (χ0) is 20.5. The molecule has 0 saturated heterocycles. The lowest BCUT2D eigenvalue weighted by Gasteiger charge is -2.05. The number of rotatable bonds is 5. The Kier molecular flexibility index (Phi) is 4.81. The van der Waals surface area contributed by atoms with E-state index in [0.717, 1.165) is 39.6 Å². The molecule has 2 aromatic heterocycles. The minimum absolute atomic E-state index is 0.0505. The van der Waals surface area contributed by atoms with Crippen molar-refractivity contribution in [3.63, 3.8) is 0 Å². The van der Waals surface area contributed by atoms with Crippen LogP contribution in [0.5, 0.6) is 0 Å². The molecule has 7 nitrogen and oxygen atoms in total. The Morgan fingerprint density at radius 3 is 2.76 bits per heavy atom. The highest BCUT2D eigenvalue weighted by Gasteiger charge is 2.17. The van der Waals surface area contributed by atoms with Gasteiger partial charge in [0.05, 0.1) is 17.0 Å². The molecule has 0 aliphatic rings. The first-order chi connectivity index (χ1) is 13.9. The number of benzene rings is 2. The summed E-state index contributed by atoms with van der Waals surface area (Å²) >= 11 is 1.42. The largest absolute Gasteiger partial charge is 0.325 e. The van der Waals surface area contributed by atoms with Crippen LogP contribution in [0.15, 0.2) is 54.0 Å². The Morgan fingerprint density at radius 1 is 1.28 bits per heavy atom. The lowest BCUT2D eigenvalue weighted by atomic mass is 10.1. The van der Waals surface area contributed by atoms with E-state index in [1.165, 1.54) is 17.4 Å². The van der Waals surface area contributed by atoms with E-state index in [9.17, 15) is 19.3 Å². The number of nitrogens with zero attached hydrogens (tertiary/aromatic N) is 3. The van der Waals surface area contributed by atoms with Gasteiger partial charge < -0.3 is 5.32 Å². The van der Waals surface area contributed by atoms with E-state index < -0.39 is 16.4 Å². The Balaban J connectivity index is 1.53. The normalized spacial score (nSPS) is 11.0. The summed E-state index contributed by atoms with van der Waals surface area (Å²) in [5, 5.41) is 15.3. The van der Waals surface area contributed by atoms with Crippen LogP contribution in [0.1, 0.15) is 11.3 Å². The second-order valence-corrected chi connectivity index (χ2v) is 7.36. The molecule has 4 rings (SSSR count). The second-order valence-electron chi connectivity index (χ2n) is 6.52. The number of carbonyl (C=O) groups is 1. The van der Waals surface area contributed by atoms with Crippen LogP contribution < -0.4 is 5.32 Å². The number of aromatic nitrogens is 2. The molecule has 2 aromatic carbocycles. The van der Waals surface area contributed by atoms with Gasteiger partial charge in [0, 0.05) is 34.6 Å². The molecule has 9 heteroatoms. The average molecular weight is 410 g/mol. The van der Waals surface area contributed by atoms with Crippen LogP contribution in [-0.4, -0.2) is 20.2 Å². The SMILES string of the molecule is Cc1ccc(-c2cn3c(CC(=O)Nc4ccc(F)c([N+](=O)[O-])c4)csc3n2)cc1. The van der Waals surface area contributed by atoms with E-state index in [-0.39, 0.29) is 18.0 Å². The smallest absolute Gasteiger partial charge is 0.306 e. The predicted octanol–water partition coefficient (Wildman–Crippen LogP) is 4.60. The molecule has 146 valence electrons. The van der Waals surface area contributed by atoms with E-state index in [1.54, 1.807) is 0 Å². The maximum atomic E-state index is 13.4. The fourth-order valence-corrected chi connectivity index (χ4v) is 3.79. The third kappa shape index (κ3) is 3.85. The molecule has 1 N–H and O–H groups in total. The van der Waals surface area contributed by atoms with E-state index in [0.29, 0.717) is 0 Å². The van der Waals surface area contributed by atoms with Gasteiger partial charge in [-0.25, -0.2) is 4.98 Å². The van der Waals surface area contributed by atoms with Gasteiger partial charge in [-0.2, -0.15) is 4.39 Å². The summed E-state index contributed by atoms with van der Waals surface area (Å²) < 4.78 is 15.3. The molecule has 0 spiro atoms. The van der Waals surface area contributed by atoms with Gasteiger partial charge in [-0.05, 0) is 19.1 Å². The zero-order valence-electron chi connectivity index (χ0n) is 15.3. The van der Waals surface area contributed by atoms with Crippen molar-refractivity contribution in [3.05, 3.63) is 81.2 Å². The topological polar surface area (TPSA) is 89.5 Å². The summed E-state index contributed by atoms with van der Waals surface area (Å²) in [5.41, 5.74) is 3.19. The van der Waals surface area contributed by atoms with Crippen molar-refractivity contribution < 1.29 is 14.1 Å². The van der Waals surface area contributed by atoms with Crippen LogP contribution in [0.25, 0.3) is 16.2 Å². The predicted molar refractivity (Wildman–Crippen MR) is 109 cm³/mol. The lowest BCUT2D eigenvalue weighted by Crippen LogP contribution is -2.15. The van der Waals surface area contributed by atoms with Crippen molar-refractivity contribution >= 4 is 33.6 Å². The minimum Gasteiger partial charge on any atom is -0.325 e. The van der Waals surface area contributed by atoms with Gasteiger partial charge in [-0.1, -0.05) is 29.8 Å². The van der Waals surface area contributed by atoms with E-state index in [4.69, 9.17) is 0 Å². The Bertz CT molecular complexity index is 1230. The first kappa shape index (κ1) is 18.8. The molecule has 2 heterocycles. The number of fused-ring (bicyclic) bond motifs is 1. The van der Waals surface area contributed by atoms with Crippen LogP contribution in [0.4, 0.5) is 15.8 Å². The first-order valence-electron chi connectivity index (χ1n) is 8.67. The Labute approximate surface area is 168 Å². The molecule has 0 aliphatic carbocycles. The number of carbonyl (C=O) groups excluding carboxylic acids is 1. The molecule has 4 aromatic rings. The Morgan fingerprint density at radius 2 is 2.03 bits per heavy atom. The molecule has 1 amide bonds. The van der Waals surface area contributed by atoms with Gasteiger partial charge in [-0.3, -0.25) is 19.3 Å². The molecule has 0 atom stereocenters. The van der Waals surface area contributed by atoms with Crippen LogP contribution >= 0.6 is 11.3 Å². The zero-order valence-corrected chi connectivity index (χ0v) is 16.1. The van der Waals surface area contributed by atoms with Crippen molar-refractivity contribution in [1.29, 1.82) is 0 Å². The van der Waals surface area contributed by atoms with Crippen molar-refractivity contribution in [2.75, 3.05) is 5.32 Å². The number of nitro benzene ring substituents is 1. The highest BCUT2D eigenvalue weighted by atomic mass is 32.1. The van der Waals surface area contributed by atoms with Crippen molar-refractivity contribution in [2.45, 2.75) is 13.3 Å². The molecular weight excluding hydrogens is 395 g/mol. The monoisotopic (exact) mass is 410 g/mol. The highest BCUT2D eigenvalue weighted by Crippen LogP contribution is 2.25. The van der Waals surface area contributed by atoms with Gasteiger partial charge in [0.2, 0.25) is 11.7 Å². The molecule has 0 radical (unpaired) electrons. The van der Waals surface area contributed by atoms with Gasteiger partial charge in [-0.15, -0.1) is 11.3 Å². The number of nitro groups is 1. The number of halogens is 1. The van der Waals surface area contributed by atoms with Gasteiger partial charge >= 0.3 is 5.69 Å². The number of hydrogen-bond donors (Lipinski definition) is 1. The standard InChI is InChI=1S/C20H15FN4O3S/c1-12-2-4-13(5-3-12)17-10-24-15(11-29-20(24)23-17)9-19(26)22-14-6-7-16(21)18(8-14)25(27)28/h2-8,10-11H,9H2,1H3,(H,22,26). The van der Waals surface area contributed by atoms with Crippen LogP contribution in [0.3, 0.4) is 0 Å². The number of nitrogens with one attached hydrogen (secondary N) is 1. The molecule has 0 bridgehead atoms. The summed E-state index contributed by atoms with van der Waals surface area (Å²) in [4.78, 5) is 27.8. The van der Waals surface area contributed by atoms with E-state index in [1.807, 2.05) is 47.2 Å². The molecule has 0 fully saturated rings. The molecule has 0 saturated carbocycles. The average Bonchev–Trinajstić information content (AvgIpc) is 3.26. The fraction of sp³-hybridized carbons (Fsp3) is 0.100. The minimum atomic E-state index is -0.949. The second kappa shape index (κ2) is 7.44. The summed E-state index contributed by atoms with van der Waals surface area (Å²) in [5.74, 6) is -1.31. The van der Waals surface area contributed by atoms with Crippen LogP contribution in [0.2, 0.25) is 0 Å². The Hall–Kier alpha value is -3.59. The number of amides is 1. The summed E-state index contributed by atoms with van der Waals surface area (Å²) in [6.45, 7) is 2.02. The molecule has 29 heavy (non-hydrogen) atoms. The first-order valence-corrected chi connectivity index (χ1v) is 9.55. The van der Waals surface area contributed by atoms with Gasteiger partial charge in [0.25, 0.3) is 0 Å². The van der Waals surface area contributed by atoms with Gasteiger partial charge in [0.1, 0.15) is 0 Å². The number of imidazole rings is 1. The van der Waals surface area contributed by atoms with Gasteiger partial charge in [0.15, 0.2) is 4.96 Å². The lowest BCUT2D eigenvalue weighted by molar-refractivity contribution is -0.387. The maximum absolute atomic E-state index is 13.4. The highest BCUT2D eigenvalue weighted by molar-refractivity contribution is 7.15. The molecular formula is C20H15FN4O3S. The summed E-state index contributed by atoms with van der Waals surface area (Å²) in [6, 6.07) is 11.3. The van der Waals surface area contributed by atoms with Crippen LogP contribution in [-0.2, 0) is 11.2 Å². The number of hydrogen-bond acceptors (Lipinski definition) is 5. The maximum Gasteiger partial charge on any atom is 0.306 e.